The van der Waals surface area contributed by atoms with Crippen molar-refractivity contribution in [3.63, 3.8) is 0 Å². The summed E-state index contributed by atoms with van der Waals surface area (Å²) in [6, 6.07) is 3.92. The molecule has 0 bridgehead atoms. The lowest BCUT2D eigenvalue weighted by Gasteiger charge is -2.35. The first-order chi connectivity index (χ1) is 7.89. The van der Waals surface area contributed by atoms with Crippen molar-refractivity contribution in [2.24, 2.45) is 0 Å². The number of carboxylic acids is 1. The molecule has 0 saturated heterocycles. The Morgan fingerprint density at radius 1 is 1.35 bits per heavy atom. The van der Waals surface area contributed by atoms with Gasteiger partial charge in [-0.3, -0.25) is 14.7 Å². The number of carboxylic acid groups (broad SMARTS) is 1. The van der Waals surface area contributed by atoms with Gasteiger partial charge in [0.15, 0.2) is 0 Å². The summed E-state index contributed by atoms with van der Waals surface area (Å²) in [4.78, 5) is 16.8. The van der Waals surface area contributed by atoms with E-state index in [1.165, 1.54) is 0 Å². The molecule has 0 radical (unpaired) electrons. The molecule has 0 aliphatic heterocycles. The molecule has 1 N–H and O–H groups in total. The van der Waals surface area contributed by atoms with Gasteiger partial charge in [-0.25, -0.2) is 0 Å². The van der Waals surface area contributed by atoms with Crippen LogP contribution in [0, 0.1) is 0 Å². The monoisotopic (exact) mass is 236 g/mol. The smallest absolute Gasteiger partial charge is 0.304 e. The van der Waals surface area contributed by atoms with Gasteiger partial charge in [0.25, 0.3) is 0 Å². The quantitative estimate of drug-likeness (QED) is 0.851. The third kappa shape index (κ3) is 4.95. The van der Waals surface area contributed by atoms with Crippen LogP contribution in [0.15, 0.2) is 24.5 Å². The molecule has 0 amide bonds. The van der Waals surface area contributed by atoms with Crippen LogP contribution in [0.3, 0.4) is 0 Å². The zero-order chi connectivity index (χ0) is 12.9. The van der Waals surface area contributed by atoms with Crippen molar-refractivity contribution in [3.05, 3.63) is 30.1 Å². The Morgan fingerprint density at radius 3 is 2.41 bits per heavy atom. The Bertz CT molecular complexity index is 357. The lowest BCUT2D eigenvalue weighted by atomic mass is 10.0. The SMILES string of the molecule is CC(C)(C)N(CCC(=O)O)Cc1ccncc1. The number of nitrogens with zero attached hydrogens (tertiary/aromatic N) is 2. The van der Waals surface area contributed by atoms with E-state index in [2.05, 4.69) is 30.7 Å². The van der Waals surface area contributed by atoms with Crippen LogP contribution in [0.25, 0.3) is 0 Å². The second-order valence-corrected chi connectivity index (χ2v) is 5.09. The summed E-state index contributed by atoms with van der Waals surface area (Å²) in [5.74, 6) is -0.756. The van der Waals surface area contributed by atoms with E-state index in [0.29, 0.717) is 6.54 Å². The van der Waals surface area contributed by atoms with Crippen molar-refractivity contribution in [2.45, 2.75) is 39.3 Å². The molecule has 1 heterocycles. The normalized spacial score (nSPS) is 11.8. The highest BCUT2D eigenvalue weighted by atomic mass is 16.4. The van der Waals surface area contributed by atoms with Gasteiger partial charge in [0.2, 0.25) is 0 Å². The highest BCUT2D eigenvalue weighted by molar-refractivity contribution is 5.66. The van der Waals surface area contributed by atoms with Gasteiger partial charge in [-0.2, -0.15) is 0 Å². The van der Waals surface area contributed by atoms with Crippen LogP contribution in [0.1, 0.15) is 32.8 Å². The predicted molar refractivity (Wildman–Crippen MR) is 66.7 cm³/mol. The molecule has 0 fully saturated rings. The molecule has 0 aliphatic carbocycles. The minimum absolute atomic E-state index is 0.0429. The maximum absolute atomic E-state index is 10.6. The van der Waals surface area contributed by atoms with Crippen LogP contribution in [0.2, 0.25) is 0 Å². The van der Waals surface area contributed by atoms with Gasteiger partial charge in [-0.05, 0) is 38.5 Å². The topological polar surface area (TPSA) is 53.4 Å². The minimum Gasteiger partial charge on any atom is -0.481 e. The number of hydrogen-bond donors (Lipinski definition) is 1. The van der Waals surface area contributed by atoms with Crippen LogP contribution >= 0.6 is 0 Å². The number of pyridine rings is 1. The summed E-state index contributed by atoms with van der Waals surface area (Å²) in [6.07, 6.45) is 3.68. The third-order valence-electron chi connectivity index (χ3n) is 2.67. The van der Waals surface area contributed by atoms with Crippen molar-refractivity contribution in [1.82, 2.24) is 9.88 Å². The van der Waals surface area contributed by atoms with Gasteiger partial charge in [-0.15, -0.1) is 0 Å². The molecule has 4 nitrogen and oxygen atoms in total. The molecule has 94 valence electrons. The standard InChI is InChI=1S/C13H20N2O2/c1-13(2,3)15(9-6-12(16)17)10-11-4-7-14-8-5-11/h4-5,7-8H,6,9-10H2,1-3H3,(H,16,17). The summed E-state index contributed by atoms with van der Waals surface area (Å²) in [5.41, 5.74) is 1.11. The number of aliphatic carboxylic acids is 1. The van der Waals surface area contributed by atoms with E-state index in [4.69, 9.17) is 5.11 Å². The second kappa shape index (κ2) is 5.77. The number of rotatable bonds is 5. The van der Waals surface area contributed by atoms with Crippen LogP contribution in [-0.4, -0.2) is 33.0 Å². The Hall–Kier alpha value is -1.42. The fourth-order valence-electron chi connectivity index (χ4n) is 1.59. The molecule has 1 rings (SSSR count). The molecule has 17 heavy (non-hydrogen) atoms. The summed E-state index contributed by atoms with van der Waals surface area (Å²) in [6.45, 7) is 7.59. The van der Waals surface area contributed by atoms with Crippen LogP contribution < -0.4 is 0 Å². The Labute approximate surface area is 102 Å². The summed E-state index contributed by atoms with van der Waals surface area (Å²) in [5, 5.41) is 8.76. The van der Waals surface area contributed by atoms with E-state index in [-0.39, 0.29) is 12.0 Å². The van der Waals surface area contributed by atoms with Gasteiger partial charge in [0, 0.05) is 31.0 Å². The summed E-state index contributed by atoms with van der Waals surface area (Å²) < 4.78 is 0. The molecular formula is C13H20N2O2. The van der Waals surface area contributed by atoms with Crippen molar-refractivity contribution >= 4 is 5.97 Å². The first-order valence-corrected chi connectivity index (χ1v) is 5.75. The van der Waals surface area contributed by atoms with Crippen molar-refractivity contribution in [3.8, 4) is 0 Å². The van der Waals surface area contributed by atoms with Gasteiger partial charge in [0.1, 0.15) is 0 Å². The molecule has 0 saturated carbocycles. The first kappa shape index (κ1) is 13.6. The van der Waals surface area contributed by atoms with Gasteiger partial charge in [-0.1, -0.05) is 0 Å². The van der Waals surface area contributed by atoms with Gasteiger partial charge < -0.3 is 5.11 Å². The van der Waals surface area contributed by atoms with Crippen LogP contribution in [0.5, 0.6) is 0 Å². The Morgan fingerprint density at radius 2 is 1.94 bits per heavy atom. The van der Waals surface area contributed by atoms with Crippen LogP contribution in [-0.2, 0) is 11.3 Å². The minimum atomic E-state index is -0.756. The molecule has 0 atom stereocenters. The van der Waals surface area contributed by atoms with Crippen molar-refractivity contribution in [1.29, 1.82) is 0 Å². The number of aromatic nitrogens is 1. The molecule has 1 aromatic heterocycles. The molecule has 0 unspecified atom stereocenters. The summed E-state index contributed by atoms with van der Waals surface area (Å²) in [7, 11) is 0. The van der Waals surface area contributed by atoms with E-state index in [1.54, 1.807) is 12.4 Å². The molecule has 4 heteroatoms. The van der Waals surface area contributed by atoms with E-state index >= 15 is 0 Å². The molecular weight excluding hydrogens is 216 g/mol. The average molecular weight is 236 g/mol. The second-order valence-electron chi connectivity index (χ2n) is 5.09. The van der Waals surface area contributed by atoms with Gasteiger partial charge in [0.05, 0.1) is 6.42 Å². The highest BCUT2D eigenvalue weighted by Gasteiger charge is 2.21. The maximum Gasteiger partial charge on any atom is 0.304 e. The first-order valence-electron chi connectivity index (χ1n) is 5.75. The predicted octanol–water partition coefficient (Wildman–Crippen LogP) is 2.16. The lowest BCUT2D eigenvalue weighted by Crippen LogP contribution is -2.41. The highest BCUT2D eigenvalue weighted by Crippen LogP contribution is 2.17. The van der Waals surface area contributed by atoms with Crippen LogP contribution in [0.4, 0.5) is 0 Å². The van der Waals surface area contributed by atoms with Crippen molar-refractivity contribution < 1.29 is 9.90 Å². The molecule has 0 aromatic carbocycles. The fraction of sp³-hybridized carbons (Fsp3) is 0.538. The third-order valence-corrected chi connectivity index (χ3v) is 2.67. The van der Waals surface area contributed by atoms with Crippen molar-refractivity contribution in [2.75, 3.05) is 6.54 Å². The molecule has 0 spiro atoms. The zero-order valence-electron chi connectivity index (χ0n) is 10.7. The maximum atomic E-state index is 10.6. The number of hydrogen-bond acceptors (Lipinski definition) is 3. The van der Waals surface area contributed by atoms with E-state index in [0.717, 1.165) is 12.1 Å². The Balaban J connectivity index is 2.68. The molecule has 1 aromatic rings. The van der Waals surface area contributed by atoms with E-state index < -0.39 is 5.97 Å². The molecule has 0 aliphatic rings. The Kier molecular flexibility index (Phi) is 4.63. The van der Waals surface area contributed by atoms with Gasteiger partial charge >= 0.3 is 5.97 Å². The fourth-order valence-corrected chi connectivity index (χ4v) is 1.59. The zero-order valence-corrected chi connectivity index (χ0v) is 10.7. The largest absolute Gasteiger partial charge is 0.481 e. The van der Waals surface area contributed by atoms with E-state index in [1.807, 2.05) is 12.1 Å². The summed E-state index contributed by atoms with van der Waals surface area (Å²) >= 11 is 0. The average Bonchev–Trinajstić information content (AvgIpc) is 2.23. The lowest BCUT2D eigenvalue weighted by molar-refractivity contribution is -0.137. The number of carbonyl (C=O) groups is 1. The van der Waals surface area contributed by atoms with E-state index in [9.17, 15) is 4.79 Å².